The van der Waals surface area contributed by atoms with Crippen molar-refractivity contribution in [3.63, 3.8) is 0 Å². The van der Waals surface area contributed by atoms with Crippen molar-refractivity contribution in [3.05, 3.63) is 0 Å². The molecule has 0 aromatic rings. The molecule has 0 heterocycles. The quantitative estimate of drug-likeness (QED) is 0.0482. The molecule has 0 radical (unpaired) electrons. The Hall–Kier alpha value is -1.59. The number of rotatable bonds is 62. The molecule has 0 rings (SSSR count). The highest BCUT2D eigenvalue weighted by Crippen LogP contribution is 2.38. The van der Waals surface area contributed by atoms with Crippen LogP contribution in [0.15, 0.2) is 0 Å². The zero-order valence-electron chi connectivity index (χ0n) is 51.9. The second-order valence-electron chi connectivity index (χ2n) is 23.7. The van der Waals surface area contributed by atoms with Crippen LogP contribution in [0, 0.1) is 5.41 Å². The SMILES string of the molecule is CCCCCCCCCCCCC(CCCCCCCCCC)(CCCCCCCCCCCC)C(=O)O.CCCCCCCCCCCCOC(=O)CCCCCCCC(=O)OCCCCCCCCCCCC. The molecule has 0 aromatic carbocycles. The van der Waals surface area contributed by atoms with Gasteiger partial charge in [0, 0.05) is 12.8 Å². The molecule has 448 valence electrons. The molecule has 0 fully saturated rings. The molecule has 0 aliphatic heterocycles. The van der Waals surface area contributed by atoms with Crippen LogP contribution in [0.3, 0.4) is 0 Å². The first-order valence-corrected chi connectivity index (χ1v) is 34.4. The lowest BCUT2D eigenvalue weighted by Gasteiger charge is -2.30. The number of hydrogen-bond donors (Lipinski definition) is 1. The van der Waals surface area contributed by atoms with Gasteiger partial charge in [0.15, 0.2) is 0 Å². The molecular weight excluding hydrogens is 925 g/mol. The minimum absolute atomic E-state index is 0.0496. The lowest BCUT2D eigenvalue weighted by Crippen LogP contribution is -2.31. The number of ether oxygens (including phenoxy) is 2. The molecule has 0 bridgehead atoms. The fourth-order valence-corrected chi connectivity index (χ4v) is 11.0. The van der Waals surface area contributed by atoms with Crippen LogP contribution in [0.2, 0.25) is 0 Å². The molecule has 0 saturated heterocycles. The number of carboxylic acids is 1. The maximum atomic E-state index is 12.6. The summed E-state index contributed by atoms with van der Waals surface area (Å²) in [5.41, 5.74) is -0.456. The van der Waals surface area contributed by atoms with Gasteiger partial charge in [-0.2, -0.15) is 0 Å². The average Bonchev–Trinajstić information content (AvgIpc) is 3.40. The third-order valence-electron chi connectivity index (χ3n) is 16.3. The van der Waals surface area contributed by atoms with Gasteiger partial charge in [0.2, 0.25) is 0 Å². The third kappa shape index (κ3) is 59.9. The topological polar surface area (TPSA) is 89.9 Å². The number of carbonyl (C=O) groups is 3. The van der Waals surface area contributed by atoms with Crippen LogP contribution in [-0.2, 0) is 23.9 Å². The van der Waals surface area contributed by atoms with Crippen LogP contribution < -0.4 is 0 Å². The van der Waals surface area contributed by atoms with E-state index in [0.29, 0.717) is 26.1 Å². The first-order chi connectivity index (χ1) is 36.8. The second-order valence-corrected chi connectivity index (χ2v) is 23.7. The molecule has 0 aliphatic carbocycles. The van der Waals surface area contributed by atoms with Gasteiger partial charge in [0.1, 0.15) is 0 Å². The van der Waals surface area contributed by atoms with Crippen molar-refractivity contribution in [2.75, 3.05) is 13.2 Å². The predicted octanol–water partition coefficient (Wildman–Crippen LogP) is 23.9. The summed E-state index contributed by atoms with van der Waals surface area (Å²) in [5.74, 6) is -0.592. The molecule has 1 N–H and O–H groups in total. The van der Waals surface area contributed by atoms with Gasteiger partial charge in [-0.15, -0.1) is 0 Å². The Labute approximate surface area is 470 Å². The second kappa shape index (κ2) is 64.9. The summed E-state index contributed by atoms with van der Waals surface area (Å²) < 4.78 is 10.7. The van der Waals surface area contributed by atoms with Crippen LogP contribution in [0.5, 0.6) is 0 Å². The van der Waals surface area contributed by atoms with E-state index in [0.717, 1.165) is 83.5 Å². The molecule has 75 heavy (non-hydrogen) atoms. The number of unbranched alkanes of at least 4 members (excludes halogenated alkanes) is 47. The Balaban J connectivity index is 0. The Bertz CT molecular complexity index is 1060. The molecule has 0 aromatic heterocycles. The van der Waals surface area contributed by atoms with E-state index in [9.17, 15) is 19.5 Å². The van der Waals surface area contributed by atoms with Gasteiger partial charge in [0.05, 0.1) is 18.6 Å². The zero-order chi connectivity index (χ0) is 55.1. The van der Waals surface area contributed by atoms with Crippen molar-refractivity contribution in [1.82, 2.24) is 0 Å². The molecule has 0 aliphatic rings. The van der Waals surface area contributed by atoms with E-state index in [-0.39, 0.29) is 11.9 Å². The summed E-state index contributed by atoms with van der Waals surface area (Å²) in [6, 6.07) is 0. The fourth-order valence-electron chi connectivity index (χ4n) is 11.0. The fraction of sp³-hybridized carbons (Fsp3) is 0.957. The lowest BCUT2D eigenvalue weighted by atomic mass is 9.74. The molecular formula is C69H136O6. The molecule has 0 spiro atoms. The van der Waals surface area contributed by atoms with Gasteiger partial charge >= 0.3 is 17.9 Å². The predicted molar refractivity (Wildman–Crippen MR) is 328 cm³/mol. The highest BCUT2D eigenvalue weighted by Gasteiger charge is 2.36. The molecule has 0 saturated carbocycles. The first kappa shape index (κ1) is 75.5. The van der Waals surface area contributed by atoms with Crippen LogP contribution in [0.25, 0.3) is 0 Å². The van der Waals surface area contributed by atoms with Gasteiger partial charge in [0.25, 0.3) is 0 Å². The summed E-state index contributed by atoms with van der Waals surface area (Å²) >= 11 is 0. The van der Waals surface area contributed by atoms with Crippen LogP contribution in [0.4, 0.5) is 0 Å². The van der Waals surface area contributed by atoms with E-state index in [1.807, 2.05) is 0 Å². The molecule has 0 amide bonds. The minimum Gasteiger partial charge on any atom is -0.481 e. The third-order valence-corrected chi connectivity index (χ3v) is 16.3. The molecule has 0 atom stereocenters. The molecule has 6 heteroatoms. The van der Waals surface area contributed by atoms with Crippen molar-refractivity contribution in [2.24, 2.45) is 5.41 Å². The maximum Gasteiger partial charge on any atom is 0.309 e. The summed E-state index contributed by atoms with van der Waals surface area (Å²) in [4.78, 5) is 36.3. The Morgan fingerprint density at radius 2 is 0.427 bits per heavy atom. The Morgan fingerprint density at radius 3 is 0.627 bits per heavy atom. The molecule has 0 unspecified atom stereocenters. The first-order valence-electron chi connectivity index (χ1n) is 34.4. The van der Waals surface area contributed by atoms with Crippen LogP contribution in [-0.4, -0.2) is 36.2 Å². The van der Waals surface area contributed by atoms with Crippen LogP contribution >= 0.6 is 0 Å². The Kier molecular flexibility index (Phi) is 65.3. The van der Waals surface area contributed by atoms with E-state index >= 15 is 0 Å². The van der Waals surface area contributed by atoms with E-state index in [2.05, 4.69) is 34.6 Å². The minimum atomic E-state index is -0.493. The van der Waals surface area contributed by atoms with Gasteiger partial charge in [-0.1, -0.05) is 349 Å². The molecule has 6 nitrogen and oxygen atoms in total. The summed E-state index contributed by atoms with van der Waals surface area (Å²) in [7, 11) is 0. The van der Waals surface area contributed by atoms with Gasteiger partial charge in [-0.3, -0.25) is 14.4 Å². The lowest BCUT2D eigenvalue weighted by molar-refractivity contribution is -0.151. The number of esters is 2. The summed E-state index contributed by atoms with van der Waals surface area (Å²) in [5, 5.41) is 10.4. The van der Waals surface area contributed by atoms with Crippen molar-refractivity contribution < 1.29 is 29.0 Å². The van der Waals surface area contributed by atoms with Gasteiger partial charge in [-0.25, -0.2) is 0 Å². The van der Waals surface area contributed by atoms with Crippen molar-refractivity contribution in [1.29, 1.82) is 0 Å². The zero-order valence-corrected chi connectivity index (χ0v) is 51.9. The average molecular weight is 1060 g/mol. The van der Waals surface area contributed by atoms with Crippen molar-refractivity contribution >= 4 is 17.9 Å². The Morgan fingerprint density at radius 1 is 0.253 bits per heavy atom. The van der Waals surface area contributed by atoms with E-state index in [1.54, 1.807) is 0 Å². The standard InChI is InChI=1S/C36H72O2.C33H64O4/c1-4-7-10-13-16-19-21-24-27-30-33-36(35(37)38,32-29-26-23-18-15-12-9-6-3)34-31-28-25-22-20-17-14-11-8-5-2;1-3-5-7-9-11-13-15-17-22-26-30-36-32(34)28-24-20-19-21-25-29-33(35)37-31-27-23-18-16-14-12-10-8-6-4-2/h4-34H2,1-3H3,(H,37,38);3-31H2,1-2H3. The van der Waals surface area contributed by atoms with Crippen LogP contribution in [0.1, 0.15) is 407 Å². The largest absolute Gasteiger partial charge is 0.481 e. The monoisotopic (exact) mass is 1060 g/mol. The summed E-state index contributed by atoms with van der Waals surface area (Å²) in [6.07, 6.45) is 71.3. The van der Waals surface area contributed by atoms with Gasteiger partial charge < -0.3 is 14.6 Å². The number of aliphatic carboxylic acids is 1. The van der Waals surface area contributed by atoms with E-state index in [1.165, 1.54) is 276 Å². The van der Waals surface area contributed by atoms with E-state index < -0.39 is 11.4 Å². The van der Waals surface area contributed by atoms with Crippen molar-refractivity contribution in [3.8, 4) is 0 Å². The normalized spacial score (nSPS) is 11.5. The summed E-state index contributed by atoms with van der Waals surface area (Å²) in [6.45, 7) is 12.5. The smallest absolute Gasteiger partial charge is 0.309 e. The van der Waals surface area contributed by atoms with E-state index in [4.69, 9.17) is 9.47 Å². The van der Waals surface area contributed by atoms with Crippen molar-refractivity contribution in [2.45, 2.75) is 407 Å². The highest BCUT2D eigenvalue weighted by atomic mass is 16.5. The number of carboxylic acid groups (broad SMARTS) is 1. The maximum absolute atomic E-state index is 12.6. The van der Waals surface area contributed by atoms with Gasteiger partial charge in [-0.05, 0) is 44.9 Å². The number of hydrogen-bond acceptors (Lipinski definition) is 5. The number of carbonyl (C=O) groups excluding carboxylic acids is 2. The highest BCUT2D eigenvalue weighted by molar-refractivity contribution is 5.74.